The minimum atomic E-state index is 0.218. The van der Waals surface area contributed by atoms with Crippen LogP contribution in [0.4, 0.5) is 0 Å². The molecule has 19 heavy (non-hydrogen) atoms. The monoisotopic (exact) mass is 266 g/mol. The molecule has 1 amide bonds. The van der Waals surface area contributed by atoms with Gasteiger partial charge in [-0.25, -0.2) is 0 Å². The van der Waals surface area contributed by atoms with Crippen LogP contribution in [0.2, 0.25) is 0 Å². The molecule has 0 aromatic rings. The first-order valence-corrected chi connectivity index (χ1v) is 8.00. The highest BCUT2D eigenvalue weighted by molar-refractivity contribution is 5.78. The number of carbonyl (C=O) groups is 1. The van der Waals surface area contributed by atoms with E-state index in [2.05, 4.69) is 31.4 Å². The summed E-state index contributed by atoms with van der Waals surface area (Å²) < 4.78 is 0. The number of hydrogen-bond acceptors (Lipinski definition) is 2. The molecule has 1 saturated heterocycles. The van der Waals surface area contributed by atoms with Crippen LogP contribution in [0.5, 0.6) is 0 Å². The second-order valence-corrected chi connectivity index (χ2v) is 7.26. The SMILES string of the molecule is C[C@H]1C[C@@H](C(=O)NCC(C)(C)C2CCCC2)CCN1. The van der Waals surface area contributed by atoms with Crippen molar-refractivity contribution in [1.82, 2.24) is 10.6 Å². The van der Waals surface area contributed by atoms with Crippen LogP contribution in [0.15, 0.2) is 0 Å². The van der Waals surface area contributed by atoms with Crippen LogP contribution in [-0.2, 0) is 4.79 Å². The van der Waals surface area contributed by atoms with Crippen LogP contribution in [-0.4, -0.2) is 25.0 Å². The molecule has 110 valence electrons. The molecule has 0 spiro atoms. The third kappa shape index (κ3) is 3.95. The minimum absolute atomic E-state index is 0.218. The zero-order chi connectivity index (χ0) is 13.9. The molecule has 1 aliphatic carbocycles. The van der Waals surface area contributed by atoms with E-state index in [0.29, 0.717) is 6.04 Å². The van der Waals surface area contributed by atoms with E-state index in [1.165, 1.54) is 25.7 Å². The average Bonchev–Trinajstić information content (AvgIpc) is 2.90. The molecule has 2 aliphatic rings. The molecule has 3 nitrogen and oxygen atoms in total. The fourth-order valence-corrected chi connectivity index (χ4v) is 3.68. The van der Waals surface area contributed by atoms with Gasteiger partial charge in [-0.15, -0.1) is 0 Å². The zero-order valence-corrected chi connectivity index (χ0v) is 12.8. The van der Waals surface area contributed by atoms with E-state index in [4.69, 9.17) is 0 Å². The van der Waals surface area contributed by atoms with Crippen molar-refractivity contribution in [1.29, 1.82) is 0 Å². The predicted molar refractivity (Wildman–Crippen MR) is 78.9 cm³/mol. The van der Waals surface area contributed by atoms with Crippen molar-refractivity contribution in [2.45, 2.75) is 65.3 Å². The van der Waals surface area contributed by atoms with E-state index in [1.807, 2.05) is 0 Å². The Morgan fingerprint density at radius 2 is 1.95 bits per heavy atom. The van der Waals surface area contributed by atoms with Crippen molar-refractivity contribution in [2.24, 2.45) is 17.3 Å². The fourth-order valence-electron chi connectivity index (χ4n) is 3.68. The molecule has 1 aliphatic heterocycles. The third-order valence-corrected chi connectivity index (χ3v) is 5.17. The summed E-state index contributed by atoms with van der Waals surface area (Å²) in [5.41, 5.74) is 0.255. The first-order chi connectivity index (χ1) is 8.99. The van der Waals surface area contributed by atoms with Gasteiger partial charge in [0.05, 0.1) is 0 Å². The van der Waals surface area contributed by atoms with Gasteiger partial charge in [0.25, 0.3) is 0 Å². The number of rotatable bonds is 4. The molecule has 0 bridgehead atoms. The van der Waals surface area contributed by atoms with Crippen molar-refractivity contribution < 1.29 is 4.79 Å². The summed E-state index contributed by atoms with van der Waals surface area (Å²) in [5.74, 6) is 1.29. The molecule has 2 atom stereocenters. The Morgan fingerprint density at radius 1 is 1.26 bits per heavy atom. The van der Waals surface area contributed by atoms with E-state index in [9.17, 15) is 4.79 Å². The van der Waals surface area contributed by atoms with E-state index in [0.717, 1.165) is 31.8 Å². The lowest BCUT2D eigenvalue weighted by molar-refractivity contribution is -0.126. The van der Waals surface area contributed by atoms with Crippen LogP contribution in [0.3, 0.4) is 0 Å². The lowest BCUT2D eigenvalue weighted by atomic mass is 9.77. The topological polar surface area (TPSA) is 41.1 Å². The maximum Gasteiger partial charge on any atom is 0.223 e. The van der Waals surface area contributed by atoms with Crippen molar-refractivity contribution in [2.75, 3.05) is 13.1 Å². The number of hydrogen-bond donors (Lipinski definition) is 2. The maximum atomic E-state index is 12.3. The highest BCUT2D eigenvalue weighted by atomic mass is 16.1. The second-order valence-electron chi connectivity index (χ2n) is 7.26. The van der Waals surface area contributed by atoms with Crippen molar-refractivity contribution in [3.05, 3.63) is 0 Å². The molecular weight excluding hydrogens is 236 g/mol. The first-order valence-electron chi connectivity index (χ1n) is 8.00. The summed E-state index contributed by atoms with van der Waals surface area (Å²) in [5, 5.41) is 6.63. The van der Waals surface area contributed by atoms with Crippen LogP contribution < -0.4 is 10.6 Å². The fraction of sp³-hybridized carbons (Fsp3) is 0.938. The number of piperidine rings is 1. The van der Waals surface area contributed by atoms with Crippen LogP contribution in [0.25, 0.3) is 0 Å². The first kappa shape index (κ1) is 14.8. The lowest BCUT2D eigenvalue weighted by Crippen LogP contribution is -2.45. The van der Waals surface area contributed by atoms with Gasteiger partial charge in [-0.3, -0.25) is 4.79 Å². The Hall–Kier alpha value is -0.570. The molecule has 2 rings (SSSR count). The summed E-state index contributed by atoms with van der Waals surface area (Å²) in [6, 6.07) is 0.479. The Kier molecular flexibility index (Phi) is 4.88. The highest BCUT2D eigenvalue weighted by Gasteiger charge is 2.33. The van der Waals surface area contributed by atoms with Crippen molar-refractivity contribution in [3.8, 4) is 0 Å². The van der Waals surface area contributed by atoms with Gasteiger partial charge in [-0.1, -0.05) is 26.7 Å². The molecule has 1 heterocycles. The second kappa shape index (κ2) is 6.25. The van der Waals surface area contributed by atoms with Gasteiger partial charge in [0, 0.05) is 18.5 Å². The summed E-state index contributed by atoms with van der Waals surface area (Å²) in [7, 11) is 0. The molecule has 3 heteroatoms. The van der Waals surface area contributed by atoms with E-state index < -0.39 is 0 Å². The minimum Gasteiger partial charge on any atom is -0.355 e. The summed E-state index contributed by atoms with van der Waals surface area (Å²) in [6.45, 7) is 8.62. The average molecular weight is 266 g/mol. The molecule has 0 unspecified atom stereocenters. The maximum absolute atomic E-state index is 12.3. The standard InChI is InChI=1S/C16H30N2O/c1-12-10-13(8-9-17-12)15(19)18-11-16(2,3)14-6-4-5-7-14/h12-14,17H,4-11H2,1-3H3,(H,18,19)/t12-,13-/m0/s1. The lowest BCUT2D eigenvalue weighted by Gasteiger charge is -2.33. The van der Waals surface area contributed by atoms with Crippen LogP contribution in [0.1, 0.15) is 59.3 Å². The Balaban J connectivity index is 1.78. The van der Waals surface area contributed by atoms with Crippen LogP contribution >= 0.6 is 0 Å². The third-order valence-electron chi connectivity index (χ3n) is 5.17. The highest BCUT2D eigenvalue weighted by Crippen LogP contribution is 2.39. The molecule has 0 aromatic carbocycles. The smallest absolute Gasteiger partial charge is 0.223 e. The van der Waals surface area contributed by atoms with Gasteiger partial charge in [0.1, 0.15) is 0 Å². The summed E-state index contributed by atoms with van der Waals surface area (Å²) >= 11 is 0. The quantitative estimate of drug-likeness (QED) is 0.821. The van der Waals surface area contributed by atoms with Crippen molar-refractivity contribution in [3.63, 3.8) is 0 Å². The number of carbonyl (C=O) groups excluding carboxylic acids is 1. The van der Waals surface area contributed by atoms with Gasteiger partial charge in [-0.2, -0.15) is 0 Å². The molecule has 0 aromatic heterocycles. The zero-order valence-electron chi connectivity index (χ0n) is 12.8. The number of amides is 1. The number of nitrogens with one attached hydrogen (secondary N) is 2. The van der Waals surface area contributed by atoms with E-state index in [-0.39, 0.29) is 17.2 Å². The van der Waals surface area contributed by atoms with E-state index >= 15 is 0 Å². The van der Waals surface area contributed by atoms with Gasteiger partial charge < -0.3 is 10.6 Å². The van der Waals surface area contributed by atoms with Gasteiger partial charge in [-0.05, 0) is 50.5 Å². The van der Waals surface area contributed by atoms with Crippen molar-refractivity contribution >= 4 is 5.91 Å². The molecule has 2 N–H and O–H groups in total. The molecule has 1 saturated carbocycles. The molecular formula is C16H30N2O. The molecule has 2 fully saturated rings. The Labute approximate surface area is 117 Å². The van der Waals surface area contributed by atoms with Gasteiger partial charge >= 0.3 is 0 Å². The molecule has 0 radical (unpaired) electrons. The largest absolute Gasteiger partial charge is 0.355 e. The summed E-state index contributed by atoms with van der Waals surface area (Å²) in [4.78, 5) is 12.3. The predicted octanol–water partition coefficient (Wildman–Crippen LogP) is 2.71. The van der Waals surface area contributed by atoms with Gasteiger partial charge in [0.15, 0.2) is 0 Å². The summed E-state index contributed by atoms with van der Waals surface area (Å²) in [6.07, 6.45) is 7.39. The van der Waals surface area contributed by atoms with E-state index in [1.54, 1.807) is 0 Å². The Morgan fingerprint density at radius 3 is 2.58 bits per heavy atom. The normalized spacial score (nSPS) is 29.4. The van der Waals surface area contributed by atoms with Gasteiger partial charge in [0.2, 0.25) is 5.91 Å². The van der Waals surface area contributed by atoms with Crippen LogP contribution in [0, 0.1) is 17.3 Å². The Bertz CT molecular complexity index is 308.